The Kier molecular flexibility index (Phi) is 4.32. The molecule has 0 unspecified atom stereocenters. The lowest BCUT2D eigenvalue weighted by Gasteiger charge is -2.11. The van der Waals surface area contributed by atoms with Crippen molar-refractivity contribution in [3.05, 3.63) is 51.3 Å². The molecule has 0 saturated heterocycles. The third-order valence-electron chi connectivity index (χ3n) is 3.29. The average molecular weight is 288 g/mol. The molecule has 0 aliphatic carbocycles. The first-order valence-corrected chi connectivity index (χ1v) is 6.37. The molecule has 0 spiro atoms. The predicted molar refractivity (Wildman–Crippen MR) is 78.5 cm³/mol. The first kappa shape index (κ1) is 14.7. The number of ether oxygens (including phenoxy) is 1. The number of benzene rings is 1. The van der Waals surface area contributed by atoms with Crippen LogP contribution in [0.3, 0.4) is 0 Å². The largest absolute Gasteiger partial charge is 0.481 e. The van der Waals surface area contributed by atoms with Crippen LogP contribution in [-0.4, -0.2) is 22.0 Å². The molecule has 0 fully saturated rings. The summed E-state index contributed by atoms with van der Waals surface area (Å²) < 4.78 is 5.13. The smallest absolute Gasteiger partial charge is 0.272 e. The highest BCUT2D eigenvalue weighted by molar-refractivity contribution is 5.50. The Bertz CT molecular complexity index is 673. The zero-order valence-corrected chi connectivity index (χ0v) is 12.1. The molecule has 1 aromatic carbocycles. The van der Waals surface area contributed by atoms with Crippen molar-refractivity contribution in [1.29, 1.82) is 0 Å². The molecule has 0 atom stereocenters. The van der Waals surface area contributed by atoms with Crippen LogP contribution in [0.2, 0.25) is 0 Å². The lowest BCUT2D eigenvalue weighted by molar-refractivity contribution is -0.385. The van der Waals surface area contributed by atoms with E-state index in [2.05, 4.69) is 15.3 Å². The van der Waals surface area contributed by atoms with Crippen molar-refractivity contribution in [2.24, 2.45) is 0 Å². The molecule has 2 aromatic rings. The molecule has 1 aromatic heterocycles. The van der Waals surface area contributed by atoms with Crippen LogP contribution in [-0.2, 0) is 6.54 Å². The van der Waals surface area contributed by atoms with Crippen molar-refractivity contribution in [2.45, 2.75) is 20.4 Å². The van der Waals surface area contributed by atoms with Crippen molar-refractivity contribution in [1.82, 2.24) is 9.97 Å². The fourth-order valence-electron chi connectivity index (χ4n) is 2.06. The number of nitrogens with zero attached hydrogens (tertiary/aromatic N) is 3. The molecule has 7 heteroatoms. The van der Waals surface area contributed by atoms with Crippen LogP contribution >= 0.6 is 0 Å². The Morgan fingerprint density at radius 1 is 1.29 bits per heavy atom. The number of rotatable bonds is 5. The molecule has 0 bridgehead atoms. The SMILES string of the molecule is COc1ncnc(NCc2cccc([N+](=O)[O-])c2C)c1C. The van der Waals surface area contributed by atoms with E-state index < -0.39 is 0 Å². The van der Waals surface area contributed by atoms with Gasteiger partial charge >= 0.3 is 0 Å². The van der Waals surface area contributed by atoms with Crippen molar-refractivity contribution in [2.75, 3.05) is 12.4 Å². The standard InChI is InChI=1S/C14H16N4O3/c1-9-11(5-4-6-12(9)18(19)20)7-15-13-10(2)14(21-3)17-8-16-13/h4-6,8H,7H2,1-3H3,(H,15,16,17). The summed E-state index contributed by atoms with van der Waals surface area (Å²) in [7, 11) is 1.55. The normalized spacial score (nSPS) is 10.2. The number of nitro groups is 1. The average Bonchev–Trinajstić information content (AvgIpc) is 2.47. The summed E-state index contributed by atoms with van der Waals surface area (Å²) in [5.41, 5.74) is 2.41. The van der Waals surface area contributed by atoms with E-state index in [1.807, 2.05) is 13.0 Å². The minimum absolute atomic E-state index is 0.117. The van der Waals surface area contributed by atoms with E-state index in [0.717, 1.165) is 11.1 Å². The van der Waals surface area contributed by atoms with E-state index in [4.69, 9.17) is 4.74 Å². The zero-order valence-electron chi connectivity index (χ0n) is 12.1. The summed E-state index contributed by atoms with van der Waals surface area (Å²) in [6.07, 6.45) is 1.41. The lowest BCUT2D eigenvalue weighted by Crippen LogP contribution is -2.07. The lowest BCUT2D eigenvalue weighted by atomic mass is 10.1. The Labute approximate surface area is 122 Å². The molecule has 0 aliphatic rings. The van der Waals surface area contributed by atoms with E-state index in [0.29, 0.717) is 23.8 Å². The van der Waals surface area contributed by atoms with Crippen molar-refractivity contribution < 1.29 is 9.66 Å². The molecule has 0 amide bonds. The molecule has 0 saturated carbocycles. The zero-order chi connectivity index (χ0) is 15.4. The fourth-order valence-corrected chi connectivity index (χ4v) is 2.06. The topological polar surface area (TPSA) is 90.2 Å². The van der Waals surface area contributed by atoms with Gasteiger partial charge in [-0.3, -0.25) is 10.1 Å². The molecular formula is C14H16N4O3. The van der Waals surface area contributed by atoms with E-state index in [9.17, 15) is 10.1 Å². The number of hydrogen-bond donors (Lipinski definition) is 1. The highest BCUT2D eigenvalue weighted by atomic mass is 16.6. The van der Waals surface area contributed by atoms with E-state index in [1.54, 1.807) is 20.1 Å². The first-order valence-electron chi connectivity index (χ1n) is 6.37. The molecule has 110 valence electrons. The number of aromatic nitrogens is 2. The third-order valence-corrected chi connectivity index (χ3v) is 3.29. The van der Waals surface area contributed by atoms with E-state index in [1.165, 1.54) is 12.4 Å². The first-order chi connectivity index (χ1) is 10.0. The van der Waals surface area contributed by atoms with Gasteiger partial charge in [0.25, 0.3) is 5.69 Å². The Morgan fingerprint density at radius 2 is 2.05 bits per heavy atom. The second-order valence-corrected chi connectivity index (χ2v) is 4.53. The van der Waals surface area contributed by atoms with Gasteiger partial charge in [-0.1, -0.05) is 12.1 Å². The van der Waals surface area contributed by atoms with Gasteiger partial charge in [0.15, 0.2) is 0 Å². The van der Waals surface area contributed by atoms with Crippen molar-refractivity contribution in [3.8, 4) is 5.88 Å². The number of anilines is 1. The van der Waals surface area contributed by atoms with Gasteiger partial charge in [0.2, 0.25) is 5.88 Å². The van der Waals surface area contributed by atoms with Gasteiger partial charge in [0.1, 0.15) is 12.1 Å². The second-order valence-electron chi connectivity index (χ2n) is 4.53. The van der Waals surface area contributed by atoms with Crippen LogP contribution in [0.25, 0.3) is 0 Å². The summed E-state index contributed by atoms with van der Waals surface area (Å²) in [6, 6.07) is 5.02. The highest BCUT2D eigenvalue weighted by Crippen LogP contribution is 2.24. The molecular weight excluding hydrogens is 272 g/mol. The van der Waals surface area contributed by atoms with Crippen LogP contribution in [0, 0.1) is 24.0 Å². The van der Waals surface area contributed by atoms with Crippen LogP contribution < -0.4 is 10.1 Å². The maximum atomic E-state index is 10.9. The van der Waals surface area contributed by atoms with Crippen molar-refractivity contribution in [3.63, 3.8) is 0 Å². The Balaban J connectivity index is 2.21. The van der Waals surface area contributed by atoms with Gasteiger partial charge in [0.05, 0.1) is 17.6 Å². The molecule has 7 nitrogen and oxygen atoms in total. The molecule has 1 N–H and O–H groups in total. The predicted octanol–water partition coefficient (Wildman–Crippen LogP) is 2.62. The monoisotopic (exact) mass is 288 g/mol. The summed E-state index contributed by atoms with van der Waals surface area (Å²) in [4.78, 5) is 18.7. The van der Waals surface area contributed by atoms with Crippen molar-refractivity contribution >= 4 is 11.5 Å². The maximum Gasteiger partial charge on any atom is 0.272 e. The summed E-state index contributed by atoms with van der Waals surface area (Å²) in [5, 5.41) is 14.1. The minimum Gasteiger partial charge on any atom is -0.481 e. The second kappa shape index (κ2) is 6.17. The van der Waals surface area contributed by atoms with Gasteiger partial charge in [-0.25, -0.2) is 9.97 Å². The number of nitrogens with one attached hydrogen (secondary N) is 1. The Morgan fingerprint density at radius 3 is 2.71 bits per heavy atom. The summed E-state index contributed by atoms with van der Waals surface area (Å²) in [6.45, 7) is 4.03. The number of methoxy groups -OCH3 is 1. The summed E-state index contributed by atoms with van der Waals surface area (Å²) >= 11 is 0. The molecule has 21 heavy (non-hydrogen) atoms. The minimum atomic E-state index is -0.377. The van der Waals surface area contributed by atoms with Gasteiger partial charge < -0.3 is 10.1 Å². The van der Waals surface area contributed by atoms with E-state index in [-0.39, 0.29) is 10.6 Å². The third kappa shape index (κ3) is 3.07. The molecule has 2 rings (SSSR count). The molecule has 0 aliphatic heterocycles. The van der Waals surface area contributed by atoms with E-state index >= 15 is 0 Å². The van der Waals surface area contributed by atoms with Gasteiger partial charge in [-0.15, -0.1) is 0 Å². The Hall–Kier alpha value is -2.70. The number of hydrogen-bond acceptors (Lipinski definition) is 6. The van der Waals surface area contributed by atoms with Gasteiger partial charge in [-0.2, -0.15) is 0 Å². The van der Waals surface area contributed by atoms with Crippen LogP contribution in [0.1, 0.15) is 16.7 Å². The number of nitro benzene ring substituents is 1. The van der Waals surface area contributed by atoms with Gasteiger partial charge in [0, 0.05) is 18.2 Å². The molecule has 1 heterocycles. The highest BCUT2D eigenvalue weighted by Gasteiger charge is 2.13. The fraction of sp³-hybridized carbons (Fsp3) is 0.286. The molecule has 0 radical (unpaired) electrons. The van der Waals surface area contributed by atoms with Crippen LogP contribution in [0.5, 0.6) is 5.88 Å². The maximum absolute atomic E-state index is 10.9. The van der Waals surface area contributed by atoms with Gasteiger partial charge in [-0.05, 0) is 19.4 Å². The summed E-state index contributed by atoms with van der Waals surface area (Å²) in [5.74, 6) is 1.15. The van der Waals surface area contributed by atoms with Crippen LogP contribution in [0.15, 0.2) is 24.5 Å². The quantitative estimate of drug-likeness (QED) is 0.672. The van der Waals surface area contributed by atoms with Crippen LogP contribution in [0.4, 0.5) is 11.5 Å².